The van der Waals surface area contributed by atoms with Crippen LogP contribution in [0.25, 0.3) is 0 Å². The van der Waals surface area contributed by atoms with Crippen LogP contribution in [-0.4, -0.2) is 23.1 Å². The Kier molecular flexibility index (Phi) is 8.16. The number of ether oxygens (including phenoxy) is 1. The summed E-state index contributed by atoms with van der Waals surface area (Å²) in [5.74, 6) is -0.507. The van der Waals surface area contributed by atoms with Crippen LogP contribution in [0.4, 0.5) is 0 Å². The molecule has 0 aromatic rings. The van der Waals surface area contributed by atoms with E-state index in [2.05, 4.69) is 6.58 Å². The molecule has 18 heavy (non-hydrogen) atoms. The fourth-order valence-electron chi connectivity index (χ4n) is 1.82. The molecular formula is C12H23O5P. The fourth-order valence-corrected chi connectivity index (χ4v) is 2.45. The van der Waals surface area contributed by atoms with E-state index < -0.39 is 19.8 Å². The third-order valence-corrected chi connectivity index (χ3v) is 3.14. The third-order valence-electron chi connectivity index (χ3n) is 2.53. The zero-order chi connectivity index (χ0) is 14.2. The number of hydrogen-bond donors (Lipinski definition) is 1. The lowest BCUT2D eigenvalue weighted by atomic mass is 9.94. The quantitative estimate of drug-likeness (QED) is 0.399. The number of esters is 1. The van der Waals surface area contributed by atoms with Gasteiger partial charge in [-0.2, -0.15) is 0 Å². The van der Waals surface area contributed by atoms with Gasteiger partial charge in [0.15, 0.2) is 0 Å². The van der Waals surface area contributed by atoms with Gasteiger partial charge in [0.1, 0.15) is 12.2 Å². The molecule has 0 bridgehead atoms. The maximum atomic E-state index is 11.4. The van der Waals surface area contributed by atoms with Gasteiger partial charge in [-0.3, -0.25) is 4.57 Å². The Labute approximate surface area is 109 Å². The van der Waals surface area contributed by atoms with Crippen molar-refractivity contribution in [3.63, 3.8) is 0 Å². The largest absolute Gasteiger partial charge is 0.459 e. The molecule has 0 aliphatic heterocycles. The fraction of sp³-hybridized carbons (Fsp3) is 0.750. The second-order valence-electron chi connectivity index (χ2n) is 4.41. The smallest absolute Gasteiger partial charge is 0.333 e. The molecule has 0 fully saturated rings. The summed E-state index contributed by atoms with van der Waals surface area (Å²) in [6.45, 7) is 8.92. The van der Waals surface area contributed by atoms with Crippen molar-refractivity contribution in [3.8, 4) is 0 Å². The summed E-state index contributed by atoms with van der Waals surface area (Å²) in [7, 11) is -3.07. The van der Waals surface area contributed by atoms with Gasteiger partial charge in [0.05, 0.1) is 0 Å². The highest BCUT2D eigenvalue weighted by Gasteiger charge is 2.33. The first-order valence-electron chi connectivity index (χ1n) is 6.11. The summed E-state index contributed by atoms with van der Waals surface area (Å²) >= 11 is 0. The Bertz CT molecular complexity index is 308. The van der Waals surface area contributed by atoms with Gasteiger partial charge in [-0.25, -0.2) is 4.79 Å². The molecule has 0 rings (SSSR count). The van der Waals surface area contributed by atoms with Crippen molar-refractivity contribution >= 4 is 14.2 Å². The molecule has 0 aliphatic carbocycles. The average Bonchev–Trinajstić information content (AvgIpc) is 2.25. The summed E-state index contributed by atoms with van der Waals surface area (Å²) in [6.07, 6.45) is 2.70. The van der Waals surface area contributed by atoms with Crippen molar-refractivity contribution < 1.29 is 23.5 Å². The van der Waals surface area contributed by atoms with E-state index in [1.54, 1.807) is 6.92 Å². The van der Waals surface area contributed by atoms with Crippen molar-refractivity contribution in [2.24, 2.45) is 0 Å². The normalized spacial score (nSPS) is 13.1. The molecule has 0 amide bonds. The third kappa shape index (κ3) is 6.34. The summed E-state index contributed by atoms with van der Waals surface area (Å²) in [5, 5.41) is 0. The highest BCUT2D eigenvalue weighted by molar-refractivity contribution is 7.32. The molecule has 0 saturated heterocycles. The van der Waals surface area contributed by atoms with Crippen LogP contribution >= 0.6 is 8.25 Å². The zero-order valence-electron chi connectivity index (χ0n) is 11.3. The summed E-state index contributed by atoms with van der Waals surface area (Å²) in [6, 6.07) is 0. The lowest BCUT2D eigenvalue weighted by molar-refractivity contribution is -0.146. The van der Waals surface area contributed by atoms with Gasteiger partial charge in [0, 0.05) is 5.57 Å². The van der Waals surface area contributed by atoms with Crippen LogP contribution in [0.1, 0.15) is 46.5 Å². The van der Waals surface area contributed by atoms with Gasteiger partial charge in [0.25, 0.3) is 0 Å². The predicted octanol–water partition coefficient (Wildman–Crippen LogP) is 2.84. The first kappa shape index (κ1) is 17.4. The Morgan fingerprint density at radius 1 is 1.33 bits per heavy atom. The van der Waals surface area contributed by atoms with E-state index in [1.165, 1.54) is 0 Å². The molecule has 0 aromatic heterocycles. The van der Waals surface area contributed by atoms with Gasteiger partial charge < -0.3 is 14.2 Å². The average molecular weight is 278 g/mol. The van der Waals surface area contributed by atoms with E-state index in [-0.39, 0.29) is 6.61 Å². The highest BCUT2D eigenvalue weighted by Crippen LogP contribution is 2.34. The summed E-state index contributed by atoms with van der Waals surface area (Å²) < 4.78 is 21.2. The predicted molar refractivity (Wildman–Crippen MR) is 70.6 cm³/mol. The maximum Gasteiger partial charge on any atom is 0.333 e. The van der Waals surface area contributed by atoms with Crippen LogP contribution in [0.5, 0.6) is 0 Å². The van der Waals surface area contributed by atoms with Crippen LogP contribution in [0, 0.1) is 0 Å². The molecule has 5 nitrogen and oxygen atoms in total. The highest BCUT2D eigenvalue weighted by atomic mass is 31.1. The first-order valence-corrected chi connectivity index (χ1v) is 7.38. The Balaban J connectivity index is 4.75. The number of carbonyl (C=O) groups is 1. The number of hydrogen-bond acceptors (Lipinski definition) is 4. The summed E-state index contributed by atoms with van der Waals surface area (Å²) in [4.78, 5) is 20.4. The van der Waals surface area contributed by atoms with E-state index >= 15 is 0 Å². The second kappa shape index (κ2) is 8.46. The van der Waals surface area contributed by atoms with Crippen LogP contribution in [-0.2, 0) is 18.6 Å². The molecule has 1 atom stereocenters. The van der Waals surface area contributed by atoms with E-state index in [0.29, 0.717) is 18.4 Å². The van der Waals surface area contributed by atoms with E-state index in [0.717, 1.165) is 12.8 Å². The standard InChI is InChI=1S/C12H23O5P/c1-5-7-12(8-6-2,17-18(14)15)9-16-11(13)10(3)4/h18H,3,5-9H2,1-2,4H3,(H,14,15). The van der Waals surface area contributed by atoms with Crippen LogP contribution < -0.4 is 0 Å². The van der Waals surface area contributed by atoms with Crippen LogP contribution in [0.3, 0.4) is 0 Å². The lowest BCUT2D eigenvalue weighted by Crippen LogP contribution is -2.37. The SMILES string of the molecule is C=C(C)C(=O)OCC(CCC)(CCC)O[PH](=O)O. The van der Waals surface area contributed by atoms with Crippen molar-refractivity contribution in [2.45, 2.75) is 52.1 Å². The molecule has 0 radical (unpaired) electrons. The van der Waals surface area contributed by atoms with Crippen molar-refractivity contribution in [3.05, 3.63) is 12.2 Å². The van der Waals surface area contributed by atoms with Crippen molar-refractivity contribution in [1.82, 2.24) is 0 Å². The Hall–Kier alpha value is -0.640. The number of carbonyl (C=O) groups excluding carboxylic acids is 1. The molecule has 6 heteroatoms. The molecule has 0 aliphatic rings. The van der Waals surface area contributed by atoms with Crippen LogP contribution in [0.2, 0.25) is 0 Å². The van der Waals surface area contributed by atoms with Crippen LogP contribution in [0.15, 0.2) is 12.2 Å². The molecule has 1 N–H and O–H groups in total. The zero-order valence-corrected chi connectivity index (χ0v) is 12.3. The van der Waals surface area contributed by atoms with Gasteiger partial charge in [-0.15, -0.1) is 0 Å². The monoisotopic (exact) mass is 278 g/mol. The van der Waals surface area contributed by atoms with E-state index in [1.807, 2.05) is 13.8 Å². The topological polar surface area (TPSA) is 72.8 Å². The minimum Gasteiger partial charge on any atom is -0.459 e. The van der Waals surface area contributed by atoms with Gasteiger partial charge in [-0.05, 0) is 19.8 Å². The summed E-state index contributed by atoms with van der Waals surface area (Å²) in [5.41, 5.74) is -0.562. The molecular weight excluding hydrogens is 255 g/mol. The Morgan fingerprint density at radius 3 is 2.17 bits per heavy atom. The van der Waals surface area contributed by atoms with Crippen molar-refractivity contribution in [2.75, 3.05) is 6.61 Å². The van der Waals surface area contributed by atoms with Gasteiger partial charge in [-0.1, -0.05) is 33.3 Å². The minimum atomic E-state index is -3.07. The second-order valence-corrected chi connectivity index (χ2v) is 5.14. The Morgan fingerprint density at radius 2 is 1.83 bits per heavy atom. The first-order chi connectivity index (χ1) is 8.37. The van der Waals surface area contributed by atoms with Gasteiger partial charge >= 0.3 is 14.2 Å². The molecule has 0 spiro atoms. The lowest BCUT2D eigenvalue weighted by Gasteiger charge is -2.31. The molecule has 0 heterocycles. The molecule has 1 unspecified atom stereocenters. The number of rotatable bonds is 9. The van der Waals surface area contributed by atoms with Gasteiger partial charge in [0.2, 0.25) is 0 Å². The molecule has 106 valence electrons. The minimum absolute atomic E-state index is 0.0165. The van der Waals surface area contributed by atoms with Crippen molar-refractivity contribution in [1.29, 1.82) is 0 Å². The van der Waals surface area contributed by atoms with E-state index in [9.17, 15) is 9.36 Å². The maximum absolute atomic E-state index is 11.4. The molecule has 0 saturated carbocycles. The van der Waals surface area contributed by atoms with E-state index in [4.69, 9.17) is 14.2 Å². The molecule has 0 aromatic carbocycles.